The van der Waals surface area contributed by atoms with Crippen LogP contribution in [0.1, 0.15) is 38.7 Å². The largest absolute Gasteiger partial charge is 0.445 e. The van der Waals surface area contributed by atoms with E-state index in [1.54, 1.807) is 0 Å². The van der Waals surface area contributed by atoms with Gasteiger partial charge in [-0.1, -0.05) is 50.3 Å². The molecule has 1 aliphatic heterocycles. The van der Waals surface area contributed by atoms with E-state index in [2.05, 4.69) is 22.5 Å². The zero-order valence-electron chi connectivity index (χ0n) is 18.2. The van der Waals surface area contributed by atoms with Crippen LogP contribution in [-0.2, 0) is 20.9 Å². The molecule has 1 unspecified atom stereocenters. The van der Waals surface area contributed by atoms with Crippen molar-refractivity contribution >= 4 is 17.9 Å². The lowest BCUT2D eigenvalue weighted by atomic mass is 9.94. The maximum atomic E-state index is 12.9. The van der Waals surface area contributed by atoms with E-state index in [0.29, 0.717) is 19.4 Å². The molecular formula is C23H33N3O5. The number of ether oxygens (including phenoxy) is 1. The molecular weight excluding hydrogens is 398 g/mol. The number of carbonyl (C=O) groups excluding carboxylic acids is 3. The average Bonchev–Trinajstić information content (AvgIpc) is 3.15. The Morgan fingerprint density at radius 1 is 1.29 bits per heavy atom. The minimum atomic E-state index is -1.01. The number of carbonyl (C=O) groups is 3. The van der Waals surface area contributed by atoms with Crippen molar-refractivity contribution in [1.29, 1.82) is 0 Å². The number of rotatable bonds is 11. The summed E-state index contributed by atoms with van der Waals surface area (Å²) in [4.78, 5) is 37.1. The third kappa shape index (κ3) is 8.05. The molecule has 8 nitrogen and oxygen atoms in total. The van der Waals surface area contributed by atoms with Crippen LogP contribution < -0.4 is 16.0 Å². The van der Waals surface area contributed by atoms with E-state index in [-0.39, 0.29) is 30.8 Å². The van der Waals surface area contributed by atoms with Gasteiger partial charge < -0.3 is 25.8 Å². The second-order valence-corrected chi connectivity index (χ2v) is 8.24. The first kappa shape index (κ1) is 24.4. The molecule has 1 aromatic rings. The van der Waals surface area contributed by atoms with Crippen LogP contribution in [0.4, 0.5) is 4.79 Å². The van der Waals surface area contributed by atoms with E-state index >= 15 is 0 Å². The Bertz CT molecular complexity index is 753. The van der Waals surface area contributed by atoms with Crippen molar-refractivity contribution in [2.75, 3.05) is 6.54 Å². The molecule has 31 heavy (non-hydrogen) atoms. The van der Waals surface area contributed by atoms with E-state index in [0.717, 1.165) is 5.56 Å². The topological polar surface area (TPSA) is 117 Å². The molecule has 1 aromatic carbocycles. The lowest BCUT2D eigenvalue weighted by Gasteiger charge is -2.27. The van der Waals surface area contributed by atoms with Crippen molar-refractivity contribution in [3.63, 3.8) is 0 Å². The molecule has 0 saturated carbocycles. The Labute approximate surface area is 183 Å². The monoisotopic (exact) mass is 431 g/mol. The first-order chi connectivity index (χ1) is 14.8. The van der Waals surface area contributed by atoms with Crippen molar-refractivity contribution in [2.24, 2.45) is 11.8 Å². The van der Waals surface area contributed by atoms with Crippen molar-refractivity contribution in [3.05, 3.63) is 48.6 Å². The van der Waals surface area contributed by atoms with Gasteiger partial charge in [0.15, 0.2) is 0 Å². The van der Waals surface area contributed by atoms with E-state index < -0.39 is 30.2 Å². The third-order valence-corrected chi connectivity index (χ3v) is 5.21. The Morgan fingerprint density at radius 3 is 2.58 bits per heavy atom. The summed E-state index contributed by atoms with van der Waals surface area (Å²) in [6, 6.07) is 7.73. The van der Waals surface area contributed by atoms with E-state index in [1.165, 1.54) is 6.08 Å². The fraction of sp³-hybridized carbons (Fsp3) is 0.522. The summed E-state index contributed by atoms with van der Waals surface area (Å²) in [7, 11) is 0. The van der Waals surface area contributed by atoms with Crippen LogP contribution in [0, 0.1) is 11.8 Å². The molecule has 1 fully saturated rings. The second kappa shape index (κ2) is 12.1. The summed E-state index contributed by atoms with van der Waals surface area (Å²) >= 11 is 0. The molecule has 0 spiro atoms. The smallest absolute Gasteiger partial charge is 0.408 e. The predicted octanol–water partition coefficient (Wildman–Crippen LogP) is 1.89. The fourth-order valence-corrected chi connectivity index (χ4v) is 3.52. The molecule has 0 aromatic heterocycles. The van der Waals surface area contributed by atoms with Crippen LogP contribution in [-0.4, -0.2) is 47.7 Å². The number of hydrogen-bond donors (Lipinski definition) is 4. The van der Waals surface area contributed by atoms with E-state index in [1.807, 2.05) is 44.2 Å². The van der Waals surface area contributed by atoms with Crippen LogP contribution in [0.5, 0.6) is 0 Å². The fourth-order valence-electron chi connectivity index (χ4n) is 3.52. The van der Waals surface area contributed by atoms with Crippen molar-refractivity contribution in [1.82, 2.24) is 16.0 Å². The van der Waals surface area contributed by atoms with Crippen molar-refractivity contribution in [2.45, 2.75) is 57.9 Å². The van der Waals surface area contributed by atoms with E-state index in [4.69, 9.17) is 4.74 Å². The lowest BCUT2D eigenvalue weighted by molar-refractivity contribution is -0.126. The summed E-state index contributed by atoms with van der Waals surface area (Å²) in [5.74, 6) is -0.674. The van der Waals surface area contributed by atoms with Crippen LogP contribution in [0.15, 0.2) is 43.0 Å². The molecule has 4 N–H and O–H groups in total. The standard InChI is InChI=1S/C23H33N3O5/c1-4-20(27)18(13-17-10-11-24-21(17)28)25-22(29)19(12-15(2)3)26-23(30)31-14-16-8-6-5-7-9-16/h4-9,15,17-20,27H,1,10-14H2,2-3H3,(H,24,28)(H,25,29)(H,26,30)/t17-,18-,19-,20?/m0/s1. The molecule has 1 saturated heterocycles. The summed E-state index contributed by atoms with van der Waals surface area (Å²) in [5.41, 5.74) is 0.839. The highest BCUT2D eigenvalue weighted by Crippen LogP contribution is 2.18. The number of nitrogens with one attached hydrogen (secondary N) is 3. The molecule has 8 heteroatoms. The van der Waals surface area contributed by atoms with Gasteiger partial charge in [-0.25, -0.2) is 4.79 Å². The summed E-state index contributed by atoms with van der Waals surface area (Å²) < 4.78 is 5.24. The lowest BCUT2D eigenvalue weighted by Crippen LogP contribution is -2.53. The first-order valence-corrected chi connectivity index (χ1v) is 10.7. The van der Waals surface area contributed by atoms with Gasteiger partial charge in [-0.3, -0.25) is 9.59 Å². The Balaban J connectivity index is 1.99. The van der Waals surface area contributed by atoms with Crippen LogP contribution in [0.2, 0.25) is 0 Å². The highest BCUT2D eigenvalue weighted by atomic mass is 16.5. The Hall–Kier alpha value is -2.87. The van der Waals surface area contributed by atoms with Gasteiger partial charge in [-0.15, -0.1) is 6.58 Å². The van der Waals surface area contributed by atoms with Gasteiger partial charge in [0.05, 0.1) is 12.1 Å². The van der Waals surface area contributed by atoms with Gasteiger partial charge in [0.2, 0.25) is 11.8 Å². The average molecular weight is 432 g/mol. The van der Waals surface area contributed by atoms with Gasteiger partial charge >= 0.3 is 6.09 Å². The molecule has 2 rings (SSSR count). The predicted molar refractivity (Wildman–Crippen MR) is 117 cm³/mol. The quantitative estimate of drug-likeness (QED) is 0.399. The SMILES string of the molecule is C=CC(O)[C@H](C[C@@H]1CCNC1=O)NC(=O)[C@H](CC(C)C)NC(=O)OCc1ccccc1. The molecule has 0 radical (unpaired) electrons. The van der Waals surface area contributed by atoms with Crippen molar-refractivity contribution in [3.8, 4) is 0 Å². The number of hydrogen-bond acceptors (Lipinski definition) is 5. The maximum absolute atomic E-state index is 12.9. The van der Waals surface area contributed by atoms with Gasteiger partial charge in [0.25, 0.3) is 0 Å². The number of aliphatic hydroxyl groups is 1. The molecule has 3 amide bonds. The molecule has 1 aliphatic rings. The van der Waals surface area contributed by atoms with Crippen LogP contribution >= 0.6 is 0 Å². The number of aliphatic hydroxyl groups excluding tert-OH is 1. The third-order valence-electron chi connectivity index (χ3n) is 5.21. The normalized spacial score (nSPS) is 18.6. The Morgan fingerprint density at radius 2 is 2.00 bits per heavy atom. The van der Waals surface area contributed by atoms with Crippen LogP contribution in [0.3, 0.4) is 0 Å². The first-order valence-electron chi connectivity index (χ1n) is 10.7. The van der Waals surface area contributed by atoms with Crippen LogP contribution in [0.25, 0.3) is 0 Å². The summed E-state index contributed by atoms with van der Waals surface area (Å²) in [6.45, 7) is 8.14. The summed E-state index contributed by atoms with van der Waals surface area (Å²) in [6.07, 6.45) is 0.957. The van der Waals surface area contributed by atoms with Crippen molar-refractivity contribution < 1.29 is 24.2 Å². The highest BCUT2D eigenvalue weighted by Gasteiger charge is 2.32. The molecule has 0 bridgehead atoms. The number of benzene rings is 1. The van der Waals surface area contributed by atoms with Gasteiger partial charge in [-0.2, -0.15) is 0 Å². The van der Waals surface area contributed by atoms with Gasteiger partial charge in [-0.05, 0) is 30.7 Å². The Kier molecular flexibility index (Phi) is 9.52. The zero-order valence-corrected chi connectivity index (χ0v) is 18.2. The minimum absolute atomic E-state index is 0.0862. The number of alkyl carbamates (subject to hydrolysis) is 1. The molecule has 4 atom stereocenters. The second-order valence-electron chi connectivity index (χ2n) is 8.24. The molecule has 1 heterocycles. The molecule has 170 valence electrons. The maximum Gasteiger partial charge on any atom is 0.408 e. The minimum Gasteiger partial charge on any atom is -0.445 e. The van der Waals surface area contributed by atoms with Gasteiger partial charge in [0.1, 0.15) is 12.6 Å². The van der Waals surface area contributed by atoms with E-state index in [9.17, 15) is 19.5 Å². The zero-order chi connectivity index (χ0) is 22.8. The molecule has 0 aliphatic carbocycles. The summed E-state index contributed by atoms with van der Waals surface area (Å²) in [5, 5.41) is 18.5. The van der Waals surface area contributed by atoms with Gasteiger partial charge in [0, 0.05) is 12.5 Å². The highest BCUT2D eigenvalue weighted by molar-refractivity contribution is 5.86. The number of amides is 3.